The van der Waals surface area contributed by atoms with Crippen molar-refractivity contribution >= 4 is 21.8 Å². The maximum atomic E-state index is 4.48. The summed E-state index contributed by atoms with van der Waals surface area (Å²) in [6, 6.07) is 8.92. The maximum Gasteiger partial charge on any atom is 0.168 e. The number of aliphatic imine (C=N–C) groups is 1. The van der Waals surface area contributed by atoms with E-state index in [4.69, 9.17) is 0 Å². The van der Waals surface area contributed by atoms with Crippen LogP contribution < -0.4 is 17.0 Å². The molecule has 0 atom stereocenters. The van der Waals surface area contributed by atoms with Gasteiger partial charge in [0, 0.05) is 17.6 Å². The molecule has 0 aliphatic carbocycles. The third kappa shape index (κ3) is 2.90. The summed E-state index contributed by atoms with van der Waals surface area (Å²) in [4.78, 5) is 8.05. The first-order chi connectivity index (χ1) is 8.54. The second-order valence-electron chi connectivity index (χ2n) is 5.78. The van der Waals surface area contributed by atoms with E-state index in [1.807, 2.05) is 0 Å². The first-order valence-corrected chi connectivity index (χ1v) is 7.17. The van der Waals surface area contributed by atoms with Crippen LogP contribution in [0.2, 0.25) is 0 Å². The maximum absolute atomic E-state index is 4.48. The van der Waals surface area contributed by atoms with E-state index < -0.39 is 0 Å². The highest BCUT2D eigenvalue weighted by Crippen LogP contribution is 2.38. The van der Waals surface area contributed by atoms with Crippen molar-refractivity contribution in [2.45, 2.75) is 26.2 Å². The highest BCUT2D eigenvalue weighted by atomic mass is 79.9. The smallest absolute Gasteiger partial charge is 0.168 e. The summed E-state index contributed by atoms with van der Waals surface area (Å²) < 4.78 is 0. The van der Waals surface area contributed by atoms with Crippen LogP contribution in [0.1, 0.15) is 31.9 Å². The number of hydrogen-bond donors (Lipinski definition) is 0. The number of thioether (sulfide) groups is 1. The molecule has 0 saturated carbocycles. The van der Waals surface area contributed by atoms with Crippen LogP contribution in [0.15, 0.2) is 35.5 Å². The monoisotopic (exact) mass is 337 g/mol. The van der Waals surface area contributed by atoms with E-state index in [2.05, 4.69) is 61.1 Å². The molecule has 0 fully saturated rings. The highest BCUT2D eigenvalue weighted by Gasteiger charge is 2.25. The quantitative estimate of drug-likeness (QED) is 0.749. The predicted octanol–water partition coefficient (Wildman–Crippen LogP) is 0.705. The molecule has 19 heavy (non-hydrogen) atoms. The fourth-order valence-corrected chi connectivity index (χ4v) is 3.23. The van der Waals surface area contributed by atoms with Crippen LogP contribution in [0.5, 0.6) is 0 Å². The molecule has 2 aliphatic heterocycles. The number of fused-ring (bicyclic) bond motifs is 1. The van der Waals surface area contributed by atoms with Crippen molar-refractivity contribution in [2.24, 2.45) is 4.99 Å². The largest absolute Gasteiger partial charge is 1.00 e. The van der Waals surface area contributed by atoms with E-state index in [0.717, 1.165) is 18.3 Å². The second-order valence-corrected chi connectivity index (χ2v) is 6.79. The van der Waals surface area contributed by atoms with Gasteiger partial charge in [-0.15, -0.1) is 0 Å². The number of rotatable bonds is 1. The van der Waals surface area contributed by atoms with Crippen LogP contribution in [0.25, 0.3) is 4.91 Å². The van der Waals surface area contributed by atoms with Gasteiger partial charge in [0.1, 0.15) is 0 Å². The highest BCUT2D eigenvalue weighted by molar-refractivity contribution is 8.22. The van der Waals surface area contributed by atoms with Crippen LogP contribution in [-0.2, 0) is 5.41 Å². The summed E-state index contributed by atoms with van der Waals surface area (Å²) in [5, 5.41) is 1.16. The molecular formula is C15H18BrN2S-. The van der Waals surface area contributed by atoms with Gasteiger partial charge in [0.2, 0.25) is 0 Å². The lowest BCUT2D eigenvalue weighted by Gasteiger charge is -2.19. The third-order valence-corrected chi connectivity index (χ3v) is 4.45. The first kappa shape index (κ1) is 14.7. The van der Waals surface area contributed by atoms with E-state index in [9.17, 15) is 0 Å². The standard InChI is InChI=1S/C15H18N2S.BrH/c1-15(2,3)12-6-4-11(5-7-12)13-10-17-9-8-16-14(17)18-13;/h4-7,10H,8-9H2,1-3H3;1H/p-1. The lowest BCUT2D eigenvalue weighted by atomic mass is 9.87. The minimum atomic E-state index is 0. The molecule has 0 bridgehead atoms. The average molecular weight is 338 g/mol. The summed E-state index contributed by atoms with van der Waals surface area (Å²) >= 11 is 1.78. The van der Waals surface area contributed by atoms with Crippen molar-refractivity contribution in [3.05, 3.63) is 41.6 Å². The molecule has 1 aromatic carbocycles. The average Bonchev–Trinajstić information content (AvgIpc) is 2.88. The van der Waals surface area contributed by atoms with E-state index >= 15 is 0 Å². The molecule has 2 aliphatic rings. The Labute approximate surface area is 129 Å². The molecule has 102 valence electrons. The fraction of sp³-hybridized carbons (Fsp3) is 0.400. The predicted molar refractivity (Wildman–Crippen MR) is 79.7 cm³/mol. The van der Waals surface area contributed by atoms with Gasteiger partial charge in [0.15, 0.2) is 5.17 Å². The molecule has 0 saturated heterocycles. The fourth-order valence-electron chi connectivity index (χ4n) is 2.18. The minimum Gasteiger partial charge on any atom is -1.00 e. The van der Waals surface area contributed by atoms with E-state index in [1.54, 1.807) is 11.8 Å². The van der Waals surface area contributed by atoms with Crippen LogP contribution in [0, 0.1) is 0 Å². The summed E-state index contributed by atoms with van der Waals surface area (Å²) in [6.07, 6.45) is 2.22. The molecule has 0 radical (unpaired) electrons. The summed E-state index contributed by atoms with van der Waals surface area (Å²) in [5.74, 6) is 0. The van der Waals surface area contributed by atoms with Gasteiger partial charge in [-0.1, -0.05) is 45.0 Å². The molecule has 0 amide bonds. The van der Waals surface area contributed by atoms with Crippen LogP contribution in [0.3, 0.4) is 0 Å². The van der Waals surface area contributed by atoms with Crippen molar-refractivity contribution in [1.29, 1.82) is 0 Å². The Hall–Kier alpha value is -0.740. The molecule has 2 heterocycles. The topological polar surface area (TPSA) is 15.6 Å². The van der Waals surface area contributed by atoms with Gasteiger partial charge in [-0.3, -0.25) is 4.99 Å². The van der Waals surface area contributed by atoms with Crippen molar-refractivity contribution in [3.63, 3.8) is 0 Å². The summed E-state index contributed by atoms with van der Waals surface area (Å²) in [5.41, 5.74) is 2.90. The lowest BCUT2D eigenvalue weighted by Crippen LogP contribution is -3.00. The van der Waals surface area contributed by atoms with Crippen molar-refractivity contribution in [2.75, 3.05) is 13.1 Å². The molecule has 0 unspecified atom stereocenters. The van der Waals surface area contributed by atoms with Gasteiger partial charge >= 0.3 is 0 Å². The normalized spacial score (nSPS) is 17.7. The molecule has 4 heteroatoms. The SMILES string of the molecule is CC(C)(C)c1ccc(C2=CN3CCN=C3S2)cc1.[Br-]. The second kappa shape index (κ2) is 5.33. The van der Waals surface area contributed by atoms with E-state index in [0.29, 0.717) is 0 Å². The molecule has 2 nitrogen and oxygen atoms in total. The molecular weight excluding hydrogens is 320 g/mol. The molecule has 0 spiro atoms. The van der Waals surface area contributed by atoms with E-state index in [-0.39, 0.29) is 22.4 Å². The van der Waals surface area contributed by atoms with E-state index in [1.165, 1.54) is 16.0 Å². The number of amidine groups is 1. The summed E-state index contributed by atoms with van der Waals surface area (Å²) in [7, 11) is 0. The van der Waals surface area contributed by atoms with Crippen LogP contribution >= 0.6 is 11.8 Å². The van der Waals surface area contributed by atoms with Crippen molar-refractivity contribution in [3.8, 4) is 0 Å². The number of benzene rings is 1. The van der Waals surface area contributed by atoms with Gasteiger partial charge in [-0.05, 0) is 28.3 Å². The number of nitrogens with zero attached hydrogens (tertiary/aromatic N) is 2. The minimum absolute atomic E-state index is 0. The van der Waals surface area contributed by atoms with Crippen LogP contribution in [0.4, 0.5) is 0 Å². The van der Waals surface area contributed by atoms with Gasteiger partial charge < -0.3 is 21.9 Å². The zero-order valence-corrected chi connectivity index (χ0v) is 13.9. The number of hydrogen-bond acceptors (Lipinski definition) is 3. The molecule has 0 N–H and O–H groups in total. The van der Waals surface area contributed by atoms with Gasteiger partial charge in [0.05, 0.1) is 6.54 Å². The van der Waals surface area contributed by atoms with Gasteiger partial charge in [0.25, 0.3) is 0 Å². The molecule has 1 aromatic rings. The zero-order chi connectivity index (χ0) is 12.8. The molecule has 0 aromatic heterocycles. The summed E-state index contributed by atoms with van der Waals surface area (Å²) in [6.45, 7) is 8.71. The third-order valence-electron chi connectivity index (χ3n) is 3.34. The first-order valence-electron chi connectivity index (χ1n) is 6.36. The van der Waals surface area contributed by atoms with Crippen molar-refractivity contribution in [1.82, 2.24) is 4.90 Å². The van der Waals surface area contributed by atoms with Crippen LogP contribution in [-0.4, -0.2) is 23.2 Å². The van der Waals surface area contributed by atoms with Gasteiger partial charge in [-0.25, -0.2) is 0 Å². The Morgan fingerprint density at radius 3 is 2.42 bits per heavy atom. The molecule has 3 rings (SSSR count). The van der Waals surface area contributed by atoms with Crippen molar-refractivity contribution < 1.29 is 17.0 Å². The Bertz CT molecular complexity index is 526. The zero-order valence-electron chi connectivity index (χ0n) is 11.5. The Kier molecular flexibility index (Phi) is 4.11. The lowest BCUT2D eigenvalue weighted by molar-refractivity contribution is -0.00000398. The Morgan fingerprint density at radius 2 is 1.84 bits per heavy atom. The number of halogens is 1. The van der Waals surface area contributed by atoms with Gasteiger partial charge in [-0.2, -0.15) is 0 Å². The Morgan fingerprint density at radius 1 is 1.16 bits per heavy atom. The Balaban J connectivity index is 0.00000133.